The summed E-state index contributed by atoms with van der Waals surface area (Å²) in [4.78, 5) is 25.8. The molecule has 0 aliphatic carbocycles. The van der Waals surface area contributed by atoms with Crippen molar-refractivity contribution in [3.63, 3.8) is 0 Å². The zero-order chi connectivity index (χ0) is 18.0. The van der Waals surface area contributed by atoms with Crippen LogP contribution in [0.15, 0.2) is 36.4 Å². The maximum atomic E-state index is 12.8. The summed E-state index contributed by atoms with van der Waals surface area (Å²) in [5.74, 6) is -0.357. The number of piperidine rings is 1. The Bertz CT molecular complexity index is 801. The lowest BCUT2D eigenvalue weighted by molar-refractivity contribution is -0.146. The van der Waals surface area contributed by atoms with Crippen molar-refractivity contribution in [1.82, 2.24) is 4.90 Å². The van der Waals surface area contributed by atoms with E-state index < -0.39 is 11.9 Å². The summed E-state index contributed by atoms with van der Waals surface area (Å²) < 4.78 is 5.29. The Hall–Kier alpha value is -2.56. The predicted molar refractivity (Wildman–Crippen MR) is 95.7 cm³/mol. The molecule has 0 radical (unpaired) electrons. The highest BCUT2D eigenvalue weighted by molar-refractivity contribution is 5.91. The van der Waals surface area contributed by atoms with Gasteiger partial charge in [0.25, 0.3) is 0 Å². The molecule has 1 saturated heterocycles. The molecule has 0 bridgehead atoms. The maximum Gasteiger partial charge on any atom is 0.308 e. The quantitative estimate of drug-likeness (QED) is 0.928. The lowest BCUT2D eigenvalue weighted by Crippen LogP contribution is -2.46. The number of methoxy groups -OCH3 is 1. The van der Waals surface area contributed by atoms with Crippen LogP contribution >= 0.6 is 0 Å². The van der Waals surface area contributed by atoms with Gasteiger partial charge in [0, 0.05) is 13.1 Å². The average molecular weight is 341 g/mol. The SMILES string of the molecule is COc1ccc2cccc(CC(=O)N3CC(C)CC(C(=O)O)C3)c2c1. The van der Waals surface area contributed by atoms with E-state index in [1.807, 2.05) is 43.3 Å². The van der Waals surface area contributed by atoms with E-state index in [0.717, 1.165) is 22.1 Å². The van der Waals surface area contributed by atoms with Crippen LogP contribution in [0.2, 0.25) is 0 Å². The van der Waals surface area contributed by atoms with Gasteiger partial charge in [-0.15, -0.1) is 0 Å². The van der Waals surface area contributed by atoms with E-state index in [9.17, 15) is 14.7 Å². The molecule has 1 heterocycles. The van der Waals surface area contributed by atoms with Gasteiger partial charge in [-0.1, -0.05) is 31.2 Å². The van der Waals surface area contributed by atoms with Gasteiger partial charge in [0.1, 0.15) is 5.75 Å². The summed E-state index contributed by atoms with van der Waals surface area (Å²) in [6.45, 7) is 2.92. The maximum absolute atomic E-state index is 12.8. The number of benzene rings is 2. The minimum atomic E-state index is -0.820. The first kappa shape index (κ1) is 17.3. The number of hydrogen-bond acceptors (Lipinski definition) is 3. The van der Waals surface area contributed by atoms with Crippen molar-refractivity contribution in [2.24, 2.45) is 11.8 Å². The van der Waals surface area contributed by atoms with E-state index in [4.69, 9.17) is 4.74 Å². The van der Waals surface area contributed by atoms with E-state index >= 15 is 0 Å². The van der Waals surface area contributed by atoms with Crippen molar-refractivity contribution < 1.29 is 19.4 Å². The van der Waals surface area contributed by atoms with Crippen molar-refractivity contribution in [2.45, 2.75) is 19.8 Å². The Morgan fingerprint density at radius 1 is 1.24 bits per heavy atom. The van der Waals surface area contributed by atoms with Crippen LogP contribution in [0, 0.1) is 11.8 Å². The molecule has 1 amide bonds. The standard InChI is InChI=1S/C20H23NO4/c1-13-8-16(20(23)24)12-21(11-13)19(22)9-15-5-3-4-14-6-7-17(25-2)10-18(14)15/h3-7,10,13,16H,8-9,11-12H2,1-2H3,(H,23,24). The number of ether oxygens (including phenoxy) is 1. The molecule has 5 nitrogen and oxygen atoms in total. The van der Waals surface area contributed by atoms with Crippen molar-refractivity contribution in [3.05, 3.63) is 42.0 Å². The molecule has 5 heteroatoms. The highest BCUT2D eigenvalue weighted by Crippen LogP contribution is 2.26. The van der Waals surface area contributed by atoms with Crippen LogP contribution in [0.25, 0.3) is 10.8 Å². The molecule has 2 aromatic carbocycles. The van der Waals surface area contributed by atoms with Crippen LogP contribution < -0.4 is 4.74 Å². The van der Waals surface area contributed by atoms with E-state index in [-0.39, 0.29) is 18.2 Å². The summed E-state index contributed by atoms with van der Waals surface area (Å²) in [7, 11) is 1.62. The number of nitrogens with zero attached hydrogens (tertiary/aromatic N) is 1. The minimum Gasteiger partial charge on any atom is -0.497 e. The fourth-order valence-corrected chi connectivity index (χ4v) is 3.61. The molecule has 0 spiro atoms. The minimum absolute atomic E-state index is 0.0203. The molecule has 2 unspecified atom stereocenters. The van der Waals surface area contributed by atoms with Gasteiger partial charge in [0.05, 0.1) is 19.4 Å². The number of carbonyl (C=O) groups is 2. The number of fused-ring (bicyclic) bond motifs is 1. The lowest BCUT2D eigenvalue weighted by Gasteiger charge is -2.34. The van der Waals surface area contributed by atoms with Gasteiger partial charge in [0.15, 0.2) is 0 Å². The second kappa shape index (κ2) is 7.13. The van der Waals surface area contributed by atoms with Gasteiger partial charge < -0.3 is 14.7 Å². The van der Waals surface area contributed by atoms with Crippen LogP contribution in [0.1, 0.15) is 18.9 Å². The molecule has 2 atom stereocenters. The van der Waals surface area contributed by atoms with Gasteiger partial charge in [-0.05, 0) is 40.8 Å². The highest BCUT2D eigenvalue weighted by Gasteiger charge is 2.31. The summed E-state index contributed by atoms with van der Waals surface area (Å²) in [6, 6.07) is 11.7. The zero-order valence-electron chi connectivity index (χ0n) is 14.6. The number of carboxylic acid groups (broad SMARTS) is 1. The lowest BCUT2D eigenvalue weighted by atomic mass is 9.90. The van der Waals surface area contributed by atoms with Gasteiger partial charge in [-0.2, -0.15) is 0 Å². The molecule has 3 rings (SSSR count). The number of rotatable bonds is 4. The number of carbonyl (C=O) groups excluding carboxylic acids is 1. The molecule has 25 heavy (non-hydrogen) atoms. The van der Waals surface area contributed by atoms with Gasteiger partial charge >= 0.3 is 5.97 Å². The third kappa shape index (κ3) is 3.76. The highest BCUT2D eigenvalue weighted by atomic mass is 16.5. The van der Waals surface area contributed by atoms with Crippen LogP contribution in [-0.2, 0) is 16.0 Å². The van der Waals surface area contributed by atoms with E-state index in [2.05, 4.69) is 0 Å². The Kier molecular flexibility index (Phi) is 4.93. The van der Waals surface area contributed by atoms with Crippen molar-refractivity contribution >= 4 is 22.6 Å². The third-order valence-corrected chi connectivity index (χ3v) is 4.88. The van der Waals surface area contributed by atoms with E-state index in [0.29, 0.717) is 19.5 Å². The second-order valence-corrected chi connectivity index (χ2v) is 6.86. The molecular formula is C20H23NO4. The first-order chi connectivity index (χ1) is 12.0. The summed E-state index contributed by atoms with van der Waals surface area (Å²) in [6.07, 6.45) is 0.897. The monoisotopic (exact) mass is 341 g/mol. The molecule has 0 saturated carbocycles. The Morgan fingerprint density at radius 3 is 2.76 bits per heavy atom. The Morgan fingerprint density at radius 2 is 2.04 bits per heavy atom. The molecular weight excluding hydrogens is 318 g/mol. The molecule has 0 aromatic heterocycles. The summed E-state index contributed by atoms with van der Waals surface area (Å²) >= 11 is 0. The van der Waals surface area contributed by atoms with Gasteiger partial charge in [-0.25, -0.2) is 0 Å². The number of likely N-dealkylation sites (tertiary alicyclic amines) is 1. The molecule has 1 fully saturated rings. The molecule has 1 aliphatic rings. The first-order valence-corrected chi connectivity index (χ1v) is 8.54. The van der Waals surface area contributed by atoms with Crippen LogP contribution in [0.3, 0.4) is 0 Å². The second-order valence-electron chi connectivity index (χ2n) is 6.86. The van der Waals surface area contributed by atoms with Crippen LogP contribution in [-0.4, -0.2) is 42.1 Å². The summed E-state index contributed by atoms with van der Waals surface area (Å²) in [5, 5.41) is 11.3. The third-order valence-electron chi connectivity index (χ3n) is 4.88. The fraction of sp³-hybridized carbons (Fsp3) is 0.400. The van der Waals surface area contributed by atoms with Crippen LogP contribution in [0.5, 0.6) is 5.75 Å². The van der Waals surface area contributed by atoms with E-state index in [1.54, 1.807) is 12.0 Å². The van der Waals surface area contributed by atoms with Gasteiger partial charge in [-0.3, -0.25) is 9.59 Å². The van der Waals surface area contributed by atoms with Crippen LogP contribution in [0.4, 0.5) is 0 Å². The largest absolute Gasteiger partial charge is 0.497 e. The van der Waals surface area contributed by atoms with Crippen molar-refractivity contribution in [2.75, 3.05) is 20.2 Å². The fourth-order valence-electron chi connectivity index (χ4n) is 3.61. The van der Waals surface area contributed by atoms with Crippen molar-refractivity contribution in [3.8, 4) is 5.75 Å². The number of amides is 1. The zero-order valence-corrected chi connectivity index (χ0v) is 14.6. The Balaban J connectivity index is 1.83. The topological polar surface area (TPSA) is 66.8 Å². The van der Waals surface area contributed by atoms with Crippen molar-refractivity contribution in [1.29, 1.82) is 0 Å². The average Bonchev–Trinajstić information content (AvgIpc) is 2.61. The first-order valence-electron chi connectivity index (χ1n) is 8.54. The number of aliphatic carboxylic acids is 1. The smallest absolute Gasteiger partial charge is 0.308 e. The predicted octanol–water partition coefficient (Wildman–Crippen LogP) is 2.96. The Labute approximate surface area is 147 Å². The van der Waals surface area contributed by atoms with E-state index in [1.165, 1.54) is 0 Å². The molecule has 1 aliphatic heterocycles. The molecule has 132 valence electrons. The molecule has 2 aromatic rings. The van der Waals surface area contributed by atoms with Gasteiger partial charge in [0.2, 0.25) is 5.91 Å². The molecule has 1 N–H and O–H groups in total. The summed E-state index contributed by atoms with van der Waals surface area (Å²) in [5.41, 5.74) is 0.937. The number of hydrogen-bond donors (Lipinski definition) is 1. The normalized spacial score (nSPS) is 20.5. The number of carboxylic acids is 1.